The second-order valence-electron chi connectivity index (χ2n) is 3.38. The number of likely N-dealkylation sites (N-methyl/N-ethyl adjacent to an activating group) is 1. The van der Waals surface area contributed by atoms with Crippen molar-refractivity contribution >= 4 is 17.7 Å². The minimum Gasteiger partial charge on any atom is -0.453 e. The van der Waals surface area contributed by atoms with E-state index in [1.54, 1.807) is 6.07 Å². The van der Waals surface area contributed by atoms with Crippen molar-refractivity contribution in [2.45, 2.75) is 0 Å². The Bertz CT molecular complexity index is 423. The molecule has 0 aliphatic heterocycles. The Morgan fingerprint density at radius 3 is 2.76 bits per heavy atom. The van der Waals surface area contributed by atoms with Crippen LogP contribution in [0.1, 0.15) is 0 Å². The Labute approximate surface area is 98.2 Å². The molecule has 1 N–H and O–H groups in total. The Morgan fingerprint density at radius 2 is 2.18 bits per heavy atom. The topological polar surface area (TPSA) is 58.6 Å². The SMILES string of the molecule is COC(=O)N(C)CC(=O)Nc1cccc(F)c1. The van der Waals surface area contributed by atoms with Crippen LogP contribution in [0.25, 0.3) is 0 Å². The number of hydrogen-bond acceptors (Lipinski definition) is 3. The van der Waals surface area contributed by atoms with Gasteiger partial charge in [-0.1, -0.05) is 6.07 Å². The summed E-state index contributed by atoms with van der Waals surface area (Å²) in [4.78, 5) is 23.6. The van der Waals surface area contributed by atoms with Crippen LogP contribution in [0.4, 0.5) is 14.9 Å². The van der Waals surface area contributed by atoms with Crippen molar-refractivity contribution in [1.29, 1.82) is 0 Å². The van der Waals surface area contributed by atoms with Crippen LogP contribution in [0.3, 0.4) is 0 Å². The predicted octanol–water partition coefficient (Wildman–Crippen LogP) is 1.46. The number of anilines is 1. The van der Waals surface area contributed by atoms with Gasteiger partial charge in [-0.25, -0.2) is 9.18 Å². The molecule has 6 heteroatoms. The van der Waals surface area contributed by atoms with Crippen molar-refractivity contribution in [3.05, 3.63) is 30.1 Å². The van der Waals surface area contributed by atoms with Crippen LogP contribution in [-0.4, -0.2) is 37.6 Å². The van der Waals surface area contributed by atoms with Gasteiger partial charge in [-0.3, -0.25) is 4.79 Å². The first-order chi connectivity index (χ1) is 8.02. The molecule has 5 nitrogen and oxygen atoms in total. The zero-order valence-corrected chi connectivity index (χ0v) is 9.57. The molecule has 0 unspecified atom stereocenters. The highest BCUT2D eigenvalue weighted by molar-refractivity contribution is 5.93. The largest absolute Gasteiger partial charge is 0.453 e. The Kier molecular flexibility index (Phi) is 4.45. The number of carbonyl (C=O) groups excluding carboxylic acids is 2. The quantitative estimate of drug-likeness (QED) is 0.870. The number of benzene rings is 1. The molecular formula is C11H13FN2O3. The molecule has 0 saturated heterocycles. The fourth-order valence-corrected chi connectivity index (χ4v) is 1.20. The first kappa shape index (κ1) is 13.0. The number of methoxy groups -OCH3 is 1. The van der Waals surface area contributed by atoms with E-state index in [0.717, 1.165) is 4.90 Å². The molecule has 17 heavy (non-hydrogen) atoms. The van der Waals surface area contributed by atoms with Crippen molar-refractivity contribution in [2.75, 3.05) is 26.0 Å². The van der Waals surface area contributed by atoms with E-state index in [1.807, 2.05) is 0 Å². The van der Waals surface area contributed by atoms with Crippen LogP contribution >= 0.6 is 0 Å². The minimum atomic E-state index is -0.612. The third-order valence-corrected chi connectivity index (χ3v) is 1.98. The molecule has 2 amide bonds. The van der Waals surface area contributed by atoms with Gasteiger partial charge in [0.1, 0.15) is 12.4 Å². The lowest BCUT2D eigenvalue weighted by molar-refractivity contribution is -0.116. The molecule has 0 aliphatic rings. The summed E-state index contributed by atoms with van der Waals surface area (Å²) >= 11 is 0. The fraction of sp³-hybridized carbons (Fsp3) is 0.273. The van der Waals surface area contributed by atoms with Gasteiger partial charge >= 0.3 is 6.09 Å². The van der Waals surface area contributed by atoms with E-state index in [1.165, 1.54) is 32.4 Å². The molecule has 0 atom stereocenters. The molecule has 1 aromatic rings. The second kappa shape index (κ2) is 5.83. The summed E-state index contributed by atoms with van der Waals surface area (Å²) in [5, 5.41) is 2.46. The third kappa shape index (κ3) is 4.10. The molecule has 1 aromatic carbocycles. The number of nitrogens with one attached hydrogen (secondary N) is 1. The first-order valence-electron chi connectivity index (χ1n) is 4.87. The molecule has 92 valence electrons. The number of carbonyl (C=O) groups is 2. The normalized spacial score (nSPS) is 9.59. The summed E-state index contributed by atoms with van der Waals surface area (Å²) in [7, 11) is 2.65. The van der Waals surface area contributed by atoms with Crippen molar-refractivity contribution in [3.63, 3.8) is 0 Å². The Balaban J connectivity index is 2.53. The van der Waals surface area contributed by atoms with Gasteiger partial charge in [-0.2, -0.15) is 0 Å². The average Bonchev–Trinajstić information content (AvgIpc) is 2.27. The van der Waals surface area contributed by atoms with Gasteiger partial charge in [0.25, 0.3) is 0 Å². The average molecular weight is 240 g/mol. The highest BCUT2D eigenvalue weighted by Gasteiger charge is 2.12. The van der Waals surface area contributed by atoms with Crippen LogP contribution in [0.15, 0.2) is 24.3 Å². The summed E-state index contributed by atoms with van der Waals surface area (Å²) in [6, 6.07) is 5.50. The van der Waals surface area contributed by atoms with Crippen molar-refractivity contribution in [1.82, 2.24) is 4.90 Å². The molecule has 0 heterocycles. The van der Waals surface area contributed by atoms with E-state index in [0.29, 0.717) is 5.69 Å². The maximum absolute atomic E-state index is 12.8. The number of hydrogen-bond donors (Lipinski definition) is 1. The summed E-state index contributed by atoms with van der Waals surface area (Å²) < 4.78 is 17.3. The molecule has 0 aliphatic carbocycles. The zero-order valence-electron chi connectivity index (χ0n) is 9.57. The van der Waals surface area contributed by atoms with Crippen LogP contribution in [0.2, 0.25) is 0 Å². The van der Waals surface area contributed by atoms with Crippen LogP contribution in [0.5, 0.6) is 0 Å². The number of rotatable bonds is 3. The molecule has 0 aromatic heterocycles. The van der Waals surface area contributed by atoms with Gasteiger partial charge < -0.3 is 15.0 Å². The lowest BCUT2D eigenvalue weighted by Gasteiger charge is -2.14. The van der Waals surface area contributed by atoms with E-state index >= 15 is 0 Å². The number of ether oxygens (including phenoxy) is 1. The molecular weight excluding hydrogens is 227 g/mol. The van der Waals surface area contributed by atoms with Crippen LogP contribution in [0, 0.1) is 5.82 Å². The number of amides is 2. The van der Waals surface area contributed by atoms with Crippen molar-refractivity contribution in [3.8, 4) is 0 Å². The lowest BCUT2D eigenvalue weighted by Crippen LogP contribution is -2.34. The van der Waals surface area contributed by atoms with Gasteiger partial charge in [0.05, 0.1) is 7.11 Å². The molecule has 0 radical (unpaired) electrons. The predicted molar refractivity (Wildman–Crippen MR) is 60.1 cm³/mol. The molecule has 0 saturated carbocycles. The molecule has 1 rings (SSSR count). The summed E-state index contributed by atoms with van der Waals surface area (Å²) in [5.41, 5.74) is 0.341. The van der Waals surface area contributed by atoms with Gasteiger partial charge in [-0.05, 0) is 18.2 Å². The molecule has 0 fully saturated rings. The van der Waals surface area contributed by atoms with E-state index in [-0.39, 0.29) is 6.54 Å². The van der Waals surface area contributed by atoms with Crippen LogP contribution < -0.4 is 5.32 Å². The summed E-state index contributed by atoms with van der Waals surface area (Å²) in [6.45, 7) is -0.164. The van der Waals surface area contributed by atoms with E-state index in [9.17, 15) is 14.0 Å². The smallest absolute Gasteiger partial charge is 0.409 e. The summed E-state index contributed by atoms with van der Waals surface area (Å²) in [6.07, 6.45) is -0.612. The van der Waals surface area contributed by atoms with E-state index < -0.39 is 17.8 Å². The van der Waals surface area contributed by atoms with Gasteiger partial charge in [0.15, 0.2) is 0 Å². The van der Waals surface area contributed by atoms with E-state index in [4.69, 9.17) is 0 Å². The fourth-order valence-electron chi connectivity index (χ4n) is 1.20. The highest BCUT2D eigenvalue weighted by Crippen LogP contribution is 2.08. The zero-order chi connectivity index (χ0) is 12.8. The monoisotopic (exact) mass is 240 g/mol. The molecule has 0 spiro atoms. The minimum absolute atomic E-state index is 0.164. The van der Waals surface area contributed by atoms with Crippen molar-refractivity contribution in [2.24, 2.45) is 0 Å². The van der Waals surface area contributed by atoms with E-state index in [2.05, 4.69) is 10.1 Å². The maximum Gasteiger partial charge on any atom is 0.409 e. The van der Waals surface area contributed by atoms with Crippen molar-refractivity contribution < 1.29 is 18.7 Å². The Morgan fingerprint density at radius 1 is 1.47 bits per heavy atom. The Hall–Kier alpha value is -2.11. The number of nitrogens with zero attached hydrogens (tertiary/aromatic N) is 1. The number of halogens is 1. The summed E-state index contributed by atoms with van der Waals surface area (Å²) in [5.74, 6) is -0.868. The maximum atomic E-state index is 12.8. The third-order valence-electron chi connectivity index (χ3n) is 1.98. The van der Waals surface area contributed by atoms with Crippen LogP contribution in [-0.2, 0) is 9.53 Å². The van der Waals surface area contributed by atoms with Gasteiger partial charge in [-0.15, -0.1) is 0 Å². The van der Waals surface area contributed by atoms with Gasteiger partial charge in [0.2, 0.25) is 5.91 Å². The highest BCUT2D eigenvalue weighted by atomic mass is 19.1. The lowest BCUT2D eigenvalue weighted by atomic mass is 10.3. The first-order valence-corrected chi connectivity index (χ1v) is 4.87. The second-order valence-corrected chi connectivity index (χ2v) is 3.38. The standard InChI is InChI=1S/C11H13FN2O3/c1-14(11(16)17-2)7-10(15)13-9-5-3-4-8(12)6-9/h3-6H,7H2,1-2H3,(H,13,15). The van der Waals surface area contributed by atoms with Gasteiger partial charge in [0, 0.05) is 12.7 Å². The molecule has 0 bridgehead atoms.